The minimum atomic E-state index is 0. The molecule has 2 N–H and O–H groups in total. The molecule has 0 aromatic carbocycles. The Morgan fingerprint density at radius 3 is 2.78 bits per heavy atom. The lowest BCUT2D eigenvalue weighted by atomic mass is 10.1. The highest BCUT2D eigenvalue weighted by atomic mass is 35.5. The molecule has 7 nitrogen and oxygen atoms in total. The van der Waals surface area contributed by atoms with Crippen molar-refractivity contribution >= 4 is 24.1 Å². The van der Waals surface area contributed by atoms with Gasteiger partial charge in [0.1, 0.15) is 6.33 Å². The molecule has 1 amide bonds. The fraction of sp³-hybridized carbons (Fsp3) is 0.600. The number of hydrogen-bond donors (Lipinski definition) is 2. The first kappa shape index (κ1) is 19.3. The van der Waals surface area contributed by atoms with Crippen molar-refractivity contribution in [2.24, 2.45) is 0 Å². The van der Waals surface area contributed by atoms with Crippen LogP contribution in [0.2, 0.25) is 0 Å². The monoisotopic (exact) mass is 340 g/mol. The van der Waals surface area contributed by atoms with Crippen LogP contribution in [0.15, 0.2) is 6.33 Å². The van der Waals surface area contributed by atoms with Crippen LogP contribution < -0.4 is 10.6 Å². The summed E-state index contributed by atoms with van der Waals surface area (Å²) < 4.78 is 1.72. The summed E-state index contributed by atoms with van der Waals surface area (Å²) in [5.74, 6) is 0.668. The predicted octanol–water partition coefficient (Wildman–Crippen LogP) is 1.21. The molecule has 23 heavy (non-hydrogen) atoms. The lowest BCUT2D eigenvalue weighted by molar-refractivity contribution is -0.121. The average Bonchev–Trinajstić information content (AvgIpc) is 2.95. The van der Waals surface area contributed by atoms with Gasteiger partial charge in [-0.25, -0.2) is 9.50 Å². The van der Waals surface area contributed by atoms with Gasteiger partial charge in [0.2, 0.25) is 5.91 Å². The van der Waals surface area contributed by atoms with E-state index in [0.29, 0.717) is 25.2 Å². The fourth-order valence-corrected chi connectivity index (χ4v) is 2.44. The molecule has 0 spiro atoms. The zero-order valence-electron chi connectivity index (χ0n) is 13.9. The molecular formula is C15H25ClN6O. The van der Waals surface area contributed by atoms with Crippen LogP contribution in [0, 0.1) is 13.8 Å². The quantitative estimate of drug-likeness (QED) is 0.706. The number of nitrogens with one attached hydrogen (secondary N) is 2. The van der Waals surface area contributed by atoms with Crippen LogP contribution in [-0.2, 0) is 11.2 Å². The lowest BCUT2D eigenvalue weighted by Gasteiger charge is -2.10. The van der Waals surface area contributed by atoms with Gasteiger partial charge < -0.3 is 10.6 Å². The summed E-state index contributed by atoms with van der Waals surface area (Å²) in [6.07, 6.45) is 3.71. The van der Waals surface area contributed by atoms with Gasteiger partial charge in [0.15, 0.2) is 0 Å². The molecule has 0 bridgehead atoms. The third-order valence-corrected chi connectivity index (χ3v) is 3.64. The SMILES string of the molecule is CCCNCCNC(=O)CCc1c(C)nc2ncnn2c1C.Cl. The minimum Gasteiger partial charge on any atom is -0.355 e. The molecule has 0 saturated heterocycles. The van der Waals surface area contributed by atoms with Crippen LogP contribution >= 0.6 is 12.4 Å². The second kappa shape index (κ2) is 9.42. The maximum absolute atomic E-state index is 11.9. The summed E-state index contributed by atoms with van der Waals surface area (Å²) in [7, 11) is 0. The Balaban J connectivity index is 0.00000264. The Kier molecular flexibility index (Phi) is 7.91. The molecule has 2 heterocycles. The summed E-state index contributed by atoms with van der Waals surface area (Å²) in [6, 6.07) is 0. The van der Waals surface area contributed by atoms with E-state index in [-0.39, 0.29) is 18.3 Å². The first-order valence-electron chi connectivity index (χ1n) is 7.76. The minimum absolute atomic E-state index is 0. The third kappa shape index (κ3) is 5.14. The number of hydrogen-bond acceptors (Lipinski definition) is 5. The van der Waals surface area contributed by atoms with Crippen molar-refractivity contribution < 1.29 is 4.79 Å². The third-order valence-electron chi connectivity index (χ3n) is 3.64. The summed E-state index contributed by atoms with van der Waals surface area (Å²) >= 11 is 0. The van der Waals surface area contributed by atoms with Crippen LogP contribution in [0.3, 0.4) is 0 Å². The van der Waals surface area contributed by atoms with E-state index in [1.54, 1.807) is 4.52 Å². The smallest absolute Gasteiger partial charge is 0.252 e. The van der Waals surface area contributed by atoms with Crippen molar-refractivity contribution in [2.75, 3.05) is 19.6 Å². The Labute approximate surface area is 142 Å². The molecule has 8 heteroatoms. The van der Waals surface area contributed by atoms with Gasteiger partial charge in [0.25, 0.3) is 5.78 Å². The Hall–Kier alpha value is -1.73. The number of carbonyl (C=O) groups excluding carboxylic acids is 1. The summed E-state index contributed by atoms with van der Waals surface area (Å²) in [4.78, 5) is 20.4. The maximum atomic E-state index is 11.9. The standard InChI is InChI=1S/C15H24N6O.ClH/c1-4-7-16-8-9-17-14(22)6-5-13-11(2)20-15-18-10-19-21(15)12(13)3;/h10,16H,4-9H2,1-3H3,(H,17,22);1H. The zero-order chi connectivity index (χ0) is 15.9. The Bertz CT molecular complexity index is 642. The normalized spacial score (nSPS) is 10.6. The van der Waals surface area contributed by atoms with Crippen molar-refractivity contribution in [3.05, 3.63) is 23.3 Å². The fourth-order valence-electron chi connectivity index (χ4n) is 2.44. The predicted molar refractivity (Wildman–Crippen MR) is 92.0 cm³/mol. The van der Waals surface area contributed by atoms with Gasteiger partial charge in [0.05, 0.1) is 0 Å². The van der Waals surface area contributed by atoms with Crippen molar-refractivity contribution in [1.82, 2.24) is 30.2 Å². The molecule has 0 aliphatic heterocycles. The van der Waals surface area contributed by atoms with Gasteiger partial charge in [-0.15, -0.1) is 12.4 Å². The summed E-state index contributed by atoms with van der Waals surface area (Å²) in [6.45, 7) is 8.51. The van der Waals surface area contributed by atoms with Gasteiger partial charge in [-0.2, -0.15) is 10.1 Å². The first-order chi connectivity index (χ1) is 10.6. The van der Waals surface area contributed by atoms with Crippen molar-refractivity contribution in [2.45, 2.75) is 40.0 Å². The van der Waals surface area contributed by atoms with E-state index in [0.717, 1.165) is 36.5 Å². The second-order valence-corrected chi connectivity index (χ2v) is 5.33. The molecule has 2 aromatic heterocycles. The largest absolute Gasteiger partial charge is 0.355 e. The van der Waals surface area contributed by atoms with Crippen LogP contribution in [0.4, 0.5) is 0 Å². The van der Waals surface area contributed by atoms with Crippen LogP contribution in [0.25, 0.3) is 5.78 Å². The van der Waals surface area contributed by atoms with Crippen molar-refractivity contribution in [1.29, 1.82) is 0 Å². The van der Waals surface area contributed by atoms with Crippen LogP contribution in [0.1, 0.15) is 36.7 Å². The van der Waals surface area contributed by atoms with Gasteiger partial charge >= 0.3 is 0 Å². The average molecular weight is 341 g/mol. The molecule has 0 radical (unpaired) electrons. The molecule has 2 aromatic rings. The van der Waals surface area contributed by atoms with E-state index in [1.807, 2.05) is 13.8 Å². The molecule has 0 fully saturated rings. The highest BCUT2D eigenvalue weighted by Crippen LogP contribution is 2.14. The van der Waals surface area contributed by atoms with E-state index in [2.05, 4.69) is 32.6 Å². The highest BCUT2D eigenvalue weighted by molar-refractivity contribution is 5.85. The number of aromatic nitrogens is 4. The Morgan fingerprint density at radius 1 is 1.26 bits per heavy atom. The van der Waals surface area contributed by atoms with Gasteiger partial charge in [0, 0.05) is 30.9 Å². The Morgan fingerprint density at radius 2 is 2.04 bits per heavy atom. The van der Waals surface area contributed by atoms with Crippen molar-refractivity contribution in [3.8, 4) is 0 Å². The lowest BCUT2D eigenvalue weighted by Crippen LogP contribution is -2.32. The van der Waals surface area contributed by atoms with E-state index in [9.17, 15) is 4.79 Å². The van der Waals surface area contributed by atoms with E-state index < -0.39 is 0 Å². The molecule has 0 saturated carbocycles. The molecule has 0 atom stereocenters. The topological polar surface area (TPSA) is 84.2 Å². The van der Waals surface area contributed by atoms with Crippen molar-refractivity contribution in [3.63, 3.8) is 0 Å². The van der Waals surface area contributed by atoms with Crippen LogP contribution in [-0.4, -0.2) is 45.1 Å². The van der Waals surface area contributed by atoms with E-state index in [4.69, 9.17) is 0 Å². The number of rotatable bonds is 8. The molecule has 128 valence electrons. The van der Waals surface area contributed by atoms with E-state index >= 15 is 0 Å². The summed E-state index contributed by atoms with van der Waals surface area (Å²) in [5, 5.41) is 10.3. The second-order valence-electron chi connectivity index (χ2n) is 5.33. The molecule has 0 aliphatic carbocycles. The number of halogens is 1. The molecule has 2 rings (SSSR count). The van der Waals surface area contributed by atoms with Gasteiger partial charge in [-0.1, -0.05) is 6.92 Å². The number of carbonyl (C=O) groups is 1. The number of aryl methyl sites for hydroxylation is 2. The molecular weight excluding hydrogens is 316 g/mol. The highest BCUT2D eigenvalue weighted by Gasteiger charge is 2.12. The molecule has 0 aliphatic rings. The van der Waals surface area contributed by atoms with Gasteiger partial charge in [-0.3, -0.25) is 4.79 Å². The first-order valence-corrected chi connectivity index (χ1v) is 7.76. The summed E-state index contributed by atoms with van der Waals surface area (Å²) in [5.41, 5.74) is 2.98. The van der Waals surface area contributed by atoms with Gasteiger partial charge in [-0.05, 0) is 38.8 Å². The zero-order valence-corrected chi connectivity index (χ0v) is 14.7. The van der Waals surface area contributed by atoms with E-state index in [1.165, 1.54) is 6.33 Å². The molecule has 0 unspecified atom stereocenters. The maximum Gasteiger partial charge on any atom is 0.252 e. The number of fused-ring (bicyclic) bond motifs is 1. The number of nitrogens with zero attached hydrogens (tertiary/aromatic N) is 4. The van der Waals surface area contributed by atoms with Crippen LogP contribution in [0.5, 0.6) is 0 Å². The number of amides is 1.